The van der Waals surface area contributed by atoms with Crippen molar-refractivity contribution in [2.24, 2.45) is 0 Å². The molecule has 6 rings (SSSR count). The van der Waals surface area contributed by atoms with Crippen molar-refractivity contribution in [2.75, 3.05) is 5.32 Å². The number of allylic oxidation sites excluding steroid dienone is 2. The second kappa shape index (κ2) is 7.34. The van der Waals surface area contributed by atoms with E-state index >= 15 is 0 Å². The summed E-state index contributed by atoms with van der Waals surface area (Å²) < 4.78 is 0. The van der Waals surface area contributed by atoms with Crippen LogP contribution < -0.4 is 5.32 Å². The highest BCUT2D eigenvalue weighted by molar-refractivity contribution is 6.04. The van der Waals surface area contributed by atoms with Crippen molar-refractivity contribution in [1.29, 1.82) is 0 Å². The second-order valence-corrected chi connectivity index (χ2v) is 8.58. The Morgan fingerprint density at radius 3 is 2.56 bits per heavy atom. The molecular formula is C28H22N2O2. The molecule has 2 aliphatic rings. The Hall–Kier alpha value is -3.92. The van der Waals surface area contributed by atoms with E-state index in [1.807, 2.05) is 42.5 Å². The Kier molecular flexibility index (Phi) is 4.32. The van der Waals surface area contributed by atoms with Gasteiger partial charge in [0.25, 0.3) is 0 Å². The van der Waals surface area contributed by atoms with Gasteiger partial charge in [-0.3, -0.25) is 9.78 Å². The standard InChI is InChI=1S/C28H22N2O2/c31-20-9-4-8-18(14-20)26-22-11-12-23-21(10-5-13-29-23)28(22)30-24-15-19(16-25(32)27(24)26)17-6-2-1-3-7-17/h1-14,19,26,30-31H,15-16H2/t19-,26-/m1/s1. The average molecular weight is 418 g/mol. The van der Waals surface area contributed by atoms with Crippen LogP contribution in [0.5, 0.6) is 5.75 Å². The third-order valence-electron chi connectivity index (χ3n) is 6.68. The van der Waals surface area contributed by atoms with E-state index < -0.39 is 0 Å². The largest absolute Gasteiger partial charge is 0.508 e. The molecule has 0 saturated heterocycles. The number of aromatic hydroxyl groups is 1. The Bertz CT molecular complexity index is 1390. The van der Waals surface area contributed by atoms with Crippen LogP contribution in [0.1, 0.15) is 41.4 Å². The summed E-state index contributed by atoms with van der Waals surface area (Å²) in [6.07, 6.45) is 3.06. The number of carbonyl (C=O) groups excluding carboxylic acids is 1. The lowest BCUT2D eigenvalue weighted by Gasteiger charge is -2.37. The first-order chi connectivity index (χ1) is 15.7. The number of ketones is 1. The lowest BCUT2D eigenvalue weighted by Crippen LogP contribution is -2.29. The van der Waals surface area contributed by atoms with Crippen molar-refractivity contribution in [3.05, 3.63) is 113 Å². The van der Waals surface area contributed by atoms with Gasteiger partial charge in [0.1, 0.15) is 5.75 Å². The monoisotopic (exact) mass is 418 g/mol. The minimum absolute atomic E-state index is 0.148. The molecule has 0 radical (unpaired) electrons. The van der Waals surface area contributed by atoms with Crippen LogP contribution in [0.3, 0.4) is 0 Å². The second-order valence-electron chi connectivity index (χ2n) is 8.58. The number of fused-ring (bicyclic) bond motifs is 3. The van der Waals surface area contributed by atoms with E-state index in [0.29, 0.717) is 6.42 Å². The summed E-state index contributed by atoms with van der Waals surface area (Å²) in [7, 11) is 0. The number of anilines is 1. The van der Waals surface area contributed by atoms with Crippen molar-refractivity contribution >= 4 is 22.4 Å². The molecule has 0 saturated carbocycles. The smallest absolute Gasteiger partial charge is 0.162 e. The van der Waals surface area contributed by atoms with E-state index in [0.717, 1.165) is 45.4 Å². The molecule has 2 atom stereocenters. The highest BCUT2D eigenvalue weighted by Gasteiger charge is 2.38. The number of hydrogen-bond donors (Lipinski definition) is 2. The van der Waals surface area contributed by atoms with Crippen molar-refractivity contribution in [2.45, 2.75) is 24.7 Å². The van der Waals surface area contributed by atoms with Gasteiger partial charge in [0.05, 0.1) is 11.2 Å². The summed E-state index contributed by atoms with van der Waals surface area (Å²) in [6.45, 7) is 0. The highest BCUT2D eigenvalue weighted by atomic mass is 16.3. The Morgan fingerprint density at radius 1 is 0.875 bits per heavy atom. The van der Waals surface area contributed by atoms with Crippen LogP contribution in [-0.2, 0) is 4.79 Å². The maximum atomic E-state index is 13.6. The van der Waals surface area contributed by atoms with E-state index in [-0.39, 0.29) is 23.4 Å². The molecule has 1 aromatic heterocycles. The molecular weight excluding hydrogens is 396 g/mol. The molecule has 0 fully saturated rings. The zero-order valence-electron chi connectivity index (χ0n) is 17.5. The topological polar surface area (TPSA) is 62.2 Å². The molecule has 4 aromatic rings. The summed E-state index contributed by atoms with van der Waals surface area (Å²) in [4.78, 5) is 18.1. The normalized spacial score (nSPS) is 19.9. The molecule has 3 aromatic carbocycles. The van der Waals surface area contributed by atoms with Gasteiger partial charge in [0.2, 0.25) is 0 Å². The van der Waals surface area contributed by atoms with Gasteiger partial charge in [-0.1, -0.05) is 48.5 Å². The van der Waals surface area contributed by atoms with Gasteiger partial charge in [0.15, 0.2) is 5.78 Å². The minimum atomic E-state index is -0.220. The highest BCUT2D eigenvalue weighted by Crippen LogP contribution is 2.49. The fraction of sp³-hybridized carbons (Fsp3) is 0.143. The first-order valence-electron chi connectivity index (χ1n) is 10.9. The van der Waals surface area contributed by atoms with E-state index in [4.69, 9.17) is 0 Å². The summed E-state index contributed by atoms with van der Waals surface area (Å²) in [6, 6.07) is 25.6. The number of benzene rings is 3. The van der Waals surface area contributed by atoms with Crippen LogP contribution in [0.25, 0.3) is 10.9 Å². The van der Waals surface area contributed by atoms with Crippen LogP contribution in [0, 0.1) is 0 Å². The number of nitrogens with zero attached hydrogens (tertiary/aromatic N) is 1. The summed E-state index contributed by atoms with van der Waals surface area (Å²) in [5.41, 5.74) is 6.87. The van der Waals surface area contributed by atoms with Crippen LogP contribution in [0.4, 0.5) is 5.69 Å². The predicted molar refractivity (Wildman–Crippen MR) is 126 cm³/mol. The summed E-state index contributed by atoms with van der Waals surface area (Å²) in [5, 5.41) is 14.9. The van der Waals surface area contributed by atoms with E-state index in [1.54, 1.807) is 18.3 Å². The van der Waals surface area contributed by atoms with E-state index in [2.05, 4.69) is 34.6 Å². The number of pyridine rings is 1. The van der Waals surface area contributed by atoms with Gasteiger partial charge in [0, 0.05) is 35.2 Å². The van der Waals surface area contributed by atoms with Crippen LogP contribution >= 0.6 is 0 Å². The third-order valence-corrected chi connectivity index (χ3v) is 6.68. The number of carbonyl (C=O) groups is 1. The van der Waals surface area contributed by atoms with E-state index in [1.165, 1.54) is 5.56 Å². The first-order valence-corrected chi connectivity index (χ1v) is 10.9. The molecule has 1 aliphatic heterocycles. The zero-order chi connectivity index (χ0) is 21.7. The average Bonchev–Trinajstić information content (AvgIpc) is 2.83. The number of aromatic nitrogens is 1. The van der Waals surface area contributed by atoms with Crippen LogP contribution in [0.2, 0.25) is 0 Å². The van der Waals surface area contributed by atoms with Crippen LogP contribution in [-0.4, -0.2) is 15.9 Å². The fourth-order valence-electron chi connectivity index (χ4n) is 5.25. The predicted octanol–water partition coefficient (Wildman–Crippen LogP) is 5.90. The zero-order valence-corrected chi connectivity index (χ0v) is 17.5. The lowest BCUT2D eigenvalue weighted by molar-refractivity contribution is -0.116. The van der Waals surface area contributed by atoms with Crippen molar-refractivity contribution in [3.63, 3.8) is 0 Å². The van der Waals surface area contributed by atoms with Gasteiger partial charge in [-0.15, -0.1) is 0 Å². The number of hydrogen-bond acceptors (Lipinski definition) is 4. The van der Waals surface area contributed by atoms with Crippen LogP contribution in [0.15, 0.2) is 96.3 Å². The Balaban J connectivity index is 1.56. The number of rotatable bonds is 2. The molecule has 2 heterocycles. The Morgan fingerprint density at radius 2 is 1.72 bits per heavy atom. The van der Waals surface area contributed by atoms with Gasteiger partial charge < -0.3 is 10.4 Å². The number of phenolic OH excluding ortho intramolecular Hbond substituents is 1. The molecule has 0 bridgehead atoms. The maximum Gasteiger partial charge on any atom is 0.162 e. The SMILES string of the molecule is O=C1C[C@H](c2ccccc2)CC2=C1[C@H](c1cccc(O)c1)c1ccc3ncccc3c1N2. The van der Waals surface area contributed by atoms with Gasteiger partial charge in [-0.25, -0.2) is 0 Å². The molecule has 32 heavy (non-hydrogen) atoms. The quantitative estimate of drug-likeness (QED) is 0.426. The minimum Gasteiger partial charge on any atom is -0.508 e. The van der Waals surface area contributed by atoms with Crippen molar-refractivity contribution in [3.8, 4) is 5.75 Å². The first kappa shape index (κ1) is 18.8. The fourth-order valence-corrected chi connectivity index (χ4v) is 5.25. The van der Waals surface area contributed by atoms with Gasteiger partial charge in [-0.05, 0) is 59.4 Å². The summed E-state index contributed by atoms with van der Waals surface area (Å²) >= 11 is 0. The molecule has 4 heteroatoms. The van der Waals surface area contributed by atoms with Crippen molar-refractivity contribution < 1.29 is 9.90 Å². The Labute approximate surface area is 186 Å². The number of Topliss-reactive ketones (excluding diaryl/α,β-unsaturated/α-hetero) is 1. The number of nitrogens with one attached hydrogen (secondary N) is 1. The van der Waals surface area contributed by atoms with E-state index in [9.17, 15) is 9.90 Å². The lowest BCUT2D eigenvalue weighted by atomic mass is 9.71. The third kappa shape index (κ3) is 2.99. The number of phenols is 1. The molecule has 0 amide bonds. The molecule has 1 aliphatic carbocycles. The maximum absolute atomic E-state index is 13.6. The van der Waals surface area contributed by atoms with Gasteiger partial charge >= 0.3 is 0 Å². The van der Waals surface area contributed by atoms with Gasteiger partial charge in [-0.2, -0.15) is 0 Å². The molecule has 2 N–H and O–H groups in total. The summed E-state index contributed by atoms with van der Waals surface area (Å²) in [5.74, 6) is 0.298. The van der Waals surface area contributed by atoms with Crippen molar-refractivity contribution in [1.82, 2.24) is 4.98 Å². The molecule has 4 nitrogen and oxygen atoms in total. The molecule has 156 valence electrons. The molecule has 0 unspecified atom stereocenters. The molecule has 0 spiro atoms.